The van der Waals surface area contributed by atoms with Crippen LogP contribution < -0.4 is 10.6 Å². The van der Waals surface area contributed by atoms with E-state index in [4.69, 9.17) is 32.4 Å². The molecule has 0 bridgehead atoms. The molecular formula is C23H20Cl2N2O4. The maximum Gasteiger partial charge on any atom is 0.268 e. The van der Waals surface area contributed by atoms with Crippen LogP contribution in [0.1, 0.15) is 16.1 Å². The van der Waals surface area contributed by atoms with Crippen LogP contribution in [0.5, 0.6) is 0 Å². The highest BCUT2D eigenvalue weighted by Gasteiger charge is 2.16. The largest absolute Gasteiger partial charge is 0.457 e. The molecule has 0 atom stereocenters. The van der Waals surface area contributed by atoms with Crippen molar-refractivity contribution in [3.8, 4) is 11.3 Å². The van der Waals surface area contributed by atoms with Crippen LogP contribution in [0.15, 0.2) is 70.8 Å². The van der Waals surface area contributed by atoms with Crippen molar-refractivity contribution in [1.82, 2.24) is 10.6 Å². The van der Waals surface area contributed by atoms with E-state index in [2.05, 4.69) is 10.6 Å². The van der Waals surface area contributed by atoms with Gasteiger partial charge in [0.05, 0.1) is 11.6 Å². The van der Waals surface area contributed by atoms with Gasteiger partial charge < -0.3 is 19.8 Å². The lowest BCUT2D eigenvalue weighted by atomic mass is 10.2. The second-order valence-electron chi connectivity index (χ2n) is 6.45. The zero-order valence-electron chi connectivity index (χ0n) is 16.7. The molecule has 2 amide bonds. The minimum Gasteiger partial charge on any atom is -0.457 e. The van der Waals surface area contributed by atoms with Gasteiger partial charge in [-0.2, -0.15) is 0 Å². The summed E-state index contributed by atoms with van der Waals surface area (Å²) in [6.07, 6.45) is 1.45. The van der Waals surface area contributed by atoms with Gasteiger partial charge in [0, 0.05) is 35.9 Å². The third-order valence-corrected chi connectivity index (χ3v) is 4.78. The van der Waals surface area contributed by atoms with Gasteiger partial charge in [0.2, 0.25) is 0 Å². The van der Waals surface area contributed by atoms with Crippen molar-refractivity contribution in [2.24, 2.45) is 0 Å². The summed E-state index contributed by atoms with van der Waals surface area (Å²) in [5.41, 5.74) is 1.12. The first-order valence-electron chi connectivity index (χ1n) is 9.38. The topological polar surface area (TPSA) is 80.6 Å². The van der Waals surface area contributed by atoms with Crippen molar-refractivity contribution < 1.29 is 18.7 Å². The quantitative estimate of drug-likeness (QED) is 0.375. The van der Waals surface area contributed by atoms with Crippen LogP contribution >= 0.6 is 23.2 Å². The summed E-state index contributed by atoms with van der Waals surface area (Å²) in [5.74, 6) is -0.0159. The molecule has 0 spiro atoms. The van der Waals surface area contributed by atoms with Crippen molar-refractivity contribution >= 4 is 41.1 Å². The van der Waals surface area contributed by atoms with Crippen LogP contribution in [-0.4, -0.2) is 32.1 Å². The van der Waals surface area contributed by atoms with Gasteiger partial charge in [-0.1, -0.05) is 41.4 Å². The Morgan fingerprint density at radius 3 is 2.55 bits per heavy atom. The lowest BCUT2D eigenvalue weighted by Crippen LogP contribution is -2.36. The van der Waals surface area contributed by atoms with Gasteiger partial charge in [-0.05, 0) is 42.5 Å². The lowest BCUT2D eigenvalue weighted by molar-refractivity contribution is -0.117. The van der Waals surface area contributed by atoms with Crippen molar-refractivity contribution in [2.75, 3.05) is 20.3 Å². The Kier molecular flexibility index (Phi) is 7.89. The number of amides is 2. The molecule has 1 heterocycles. The van der Waals surface area contributed by atoms with Crippen LogP contribution in [0.25, 0.3) is 17.4 Å². The zero-order valence-corrected chi connectivity index (χ0v) is 18.2. The molecule has 6 nitrogen and oxygen atoms in total. The molecule has 160 valence electrons. The Morgan fingerprint density at radius 2 is 1.84 bits per heavy atom. The Bertz CT molecular complexity index is 1090. The Morgan fingerprint density at radius 1 is 1.06 bits per heavy atom. The maximum absolute atomic E-state index is 12.6. The molecule has 0 unspecified atom stereocenters. The predicted molar refractivity (Wildman–Crippen MR) is 121 cm³/mol. The smallest absolute Gasteiger partial charge is 0.268 e. The Labute approximate surface area is 189 Å². The fraction of sp³-hybridized carbons (Fsp3) is 0.130. The van der Waals surface area contributed by atoms with Crippen LogP contribution in [0.4, 0.5) is 0 Å². The molecule has 0 radical (unpaired) electrons. The molecule has 8 heteroatoms. The molecule has 2 aromatic carbocycles. The third-order valence-electron chi connectivity index (χ3n) is 4.23. The zero-order chi connectivity index (χ0) is 22.2. The van der Waals surface area contributed by atoms with E-state index in [0.29, 0.717) is 39.3 Å². The Hall–Kier alpha value is -3.06. The number of carbonyl (C=O) groups is 2. The van der Waals surface area contributed by atoms with Gasteiger partial charge in [-0.25, -0.2) is 0 Å². The van der Waals surface area contributed by atoms with Crippen LogP contribution in [-0.2, 0) is 9.53 Å². The van der Waals surface area contributed by atoms with Crippen molar-refractivity contribution in [1.29, 1.82) is 0 Å². The number of nitrogens with one attached hydrogen (secondary N) is 2. The molecule has 3 aromatic rings. The fourth-order valence-corrected chi connectivity index (χ4v) is 3.21. The first-order valence-corrected chi connectivity index (χ1v) is 10.1. The number of methoxy groups -OCH3 is 1. The number of rotatable bonds is 8. The van der Waals surface area contributed by atoms with Crippen LogP contribution in [0.3, 0.4) is 0 Å². The summed E-state index contributed by atoms with van der Waals surface area (Å²) in [5, 5.41) is 6.28. The summed E-state index contributed by atoms with van der Waals surface area (Å²) in [6, 6.07) is 17.1. The average molecular weight is 459 g/mol. The molecule has 31 heavy (non-hydrogen) atoms. The van der Waals surface area contributed by atoms with E-state index in [-0.39, 0.29) is 12.2 Å². The van der Waals surface area contributed by atoms with Gasteiger partial charge in [0.15, 0.2) is 0 Å². The van der Waals surface area contributed by atoms with Gasteiger partial charge >= 0.3 is 0 Å². The molecule has 1 aromatic heterocycles. The Balaban J connectivity index is 1.86. The SMILES string of the molecule is COCCNC(=O)C(=Cc1ccc(-c2ccc(Cl)cc2Cl)o1)NC(=O)c1ccccc1. The van der Waals surface area contributed by atoms with E-state index in [1.807, 2.05) is 0 Å². The van der Waals surface area contributed by atoms with Crippen LogP contribution in [0.2, 0.25) is 10.0 Å². The monoisotopic (exact) mass is 458 g/mol. The lowest BCUT2D eigenvalue weighted by Gasteiger charge is -2.10. The fourth-order valence-electron chi connectivity index (χ4n) is 2.71. The predicted octanol–water partition coefficient (Wildman–Crippen LogP) is 4.79. The molecular weight excluding hydrogens is 439 g/mol. The van der Waals surface area contributed by atoms with Gasteiger partial charge in [-0.3, -0.25) is 9.59 Å². The van der Waals surface area contributed by atoms with E-state index in [0.717, 1.165) is 0 Å². The molecule has 3 rings (SSSR count). The number of benzene rings is 2. The normalized spacial score (nSPS) is 11.3. The van der Waals surface area contributed by atoms with E-state index in [9.17, 15) is 9.59 Å². The van der Waals surface area contributed by atoms with Gasteiger partial charge in [-0.15, -0.1) is 0 Å². The highest BCUT2D eigenvalue weighted by molar-refractivity contribution is 6.36. The minimum atomic E-state index is -0.469. The highest BCUT2D eigenvalue weighted by atomic mass is 35.5. The van der Waals surface area contributed by atoms with Crippen molar-refractivity contribution in [2.45, 2.75) is 0 Å². The number of hydrogen-bond acceptors (Lipinski definition) is 4. The number of carbonyl (C=O) groups excluding carboxylic acids is 2. The summed E-state index contributed by atoms with van der Waals surface area (Å²) in [7, 11) is 1.53. The molecule has 0 aliphatic carbocycles. The first kappa shape index (κ1) is 22.6. The molecule has 0 saturated heterocycles. The summed E-state index contributed by atoms with van der Waals surface area (Å²) >= 11 is 12.2. The van der Waals surface area contributed by atoms with Gasteiger partial charge in [0.1, 0.15) is 17.2 Å². The van der Waals surface area contributed by atoms with Crippen molar-refractivity contribution in [3.05, 3.63) is 87.7 Å². The summed E-state index contributed by atoms with van der Waals surface area (Å²) < 4.78 is 10.8. The maximum atomic E-state index is 12.6. The standard InChI is InChI=1S/C23H20Cl2N2O4/c1-30-12-11-26-23(29)20(27-22(28)15-5-3-2-4-6-15)14-17-8-10-21(31-17)18-9-7-16(24)13-19(18)25/h2-10,13-14H,11-12H2,1H3,(H,26,29)(H,27,28). The van der Waals surface area contributed by atoms with Gasteiger partial charge in [0.25, 0.3) is 11.8 Å². The first-order chi connectivity index (χ1) is 15.0. The average Bonchev–Trinajstić information content (AvgIpc) is 3.22. The molecule has 2 N–H and O–H groups in total. The molecule has 0 saturated carbocycles. The van der Waals surface area contributed by atoms with E-state index in [1.54, 1.807) is 60.7 Å². The highest BCUT2D eigenvalue weighted by Crippen LogP contribution is 2.31. The van der Waals surface area contributed by atoms with E-state index >= 15 is 0 Å². The number of ether oxygens (including phenoxy) is 1. The summed E-state index contributed by atoms with van der Waals surface area (Å²) in [4.78, 5) is 25.2. The second kappa shape index (κ2) is 10.8. The van der Waals surface area contributed by atoms with E-state index < -0.39 is 11.8 Å². The van der Waals surface area contributed by atoms with Crippen molar-refractivity contribution in [3.63, 3.8) is 0 Å². The molecule has 0 fully saturated rings. The third kappa shape index (κ3) is 6.21. The molecule has 0 aliphatic rings. The number of halogens is 2. The minimum absolute atomic E-state index is 0.0352. The van der Waals surface area contributed by atoms with Crippen LogP contribution in [0, 0.1) is 0 Å². The number of furan rings is 1. The van der Waals surface area contributed by atoms with E-state index in [1.165, 1.54) is 13.2 Å². The summed E-state index contributed by atoms with van der Waals surface area (Å²) in [6.45, 7) is 0.628. The second-order valence-corrected chi connectivity index (χ2v) is 7.30. The number of hydrogen-bond donors (Lipinski definition) is 2. The molecule has 0 aliphatic heterocycles.